The van der Waals surface area contributed by atoms with E-state index in [0.717, 1.165) is 38.5 Å². The Morgan fingerprint density at radius 3 is 2.81 bits per heavy atom. The first kappa shape index (κ1) is 17.6. The lowest BCUT2D eigenvalue weighted by atomic mass is 9.50. The number of carbonyl (C=O) groups is 1. The summed E-state index contributed by atoms with van der Waals surface area (Å²) >= 11 is 0. The fraction of sp³-hybridized carbons (Fsp3) is 0.762. The molecule has 1 aromatic rings. The van der Waals surface area contributed by atoms with Gasteiger partial charge in [0, 0.05) is 11.8 Å². The molecule has 3 saturated carbocycles. The van der Waals surface area contributed by atoms with Crippen molar-refractivity contribution in [3.63, 3.8) is 0 Å². The van der Waals surface area contributed by atoms with E-state index in [1.54, 1.807) is 6.20 Å². The second-order valence-electron chi connectivity index (χ2n) is 9.44. The minimum absolute atomic E-state index is 0.198. The molecule has 6 nitrogen and oxygen atoms in total. The summed E-state index contributed by atoms with van der Waals surface area (Å²) in [5.41, 5.74) is 0.847. The van der Waals surface area contributed by atoms with Crippen molar-refractivity contribution >= 4 is 5.78 Å². The van der Waals surface area contributed by atoms with Crippen LogP contribution in [0.1, 0.15) is 64.0 Å². The fourth-order valence-corrected chi connectivity index (χ4v) is 7.17. The van der Waals surface area contributed by atoms with Gasteiger partial charge in [0.15, 0.2) is 5.78 Å². The minimum Gasteiger partial charge on any atom is -0.383 e. The zero-order valence-corrected chi connectivity index (χ0v) is 16.0. The Labute approximate surface area is 159 Å². The monoisotopic (exact) mass is 371 g/mol. The number of nitrogens with zero attached hydrogens (tertiary/aromatic N) is 3. The molecule has 1 heterocycles. The van der Waals surface area contributed by atoms with Gasteiger partial charge in [0.1, 0.15) is 18.0 Å². The number of ketones is 1. The molecule has 146 valence electrons. The molecule has 1 aromatic heterocycles. The van der Waals surface area contributed by atoms with E-state index < -0.39 is 5.60 Å². The van der Waals surface area contributed by atoms with Crippen LogP contribution in [-0.2, 0) is 17.1 Å². The fourth-order valence-electron chi connectivity index (χ4n) is 7.17. The maximum atomic E-state index is 11.8. The molecule has 6 atom stereocenters. The first-order valence-corrected chi connectivity index (χ1v) is 10.4. The Kier molecular flexibility index (Phi) is 3.89. The second kappa shape index (κ2) is 5.98. The first-order valence-electron chi connectivity index (χ1n) is 10.4. The SMILES string of the molecule is C[C@]12CCC3C4CCC(=O)C=C4CCC3C1CC[C@@]2(O)c1cn(CO)nn1. The van der Waals surface area contributed by atoms with Crippen LogP contribution in [0.5, 0.6) is 0 Å². The zero-order chi connectivity index (χ0) is 18.8. The van der Waals surface area contributed by atoms with Crippen LogP contribution in [-0.4, -0.2) is 31.0 Å². The Morgan fingerprint density at radius 2 is 2.04 bits per heavy atom. The molecule has 4 aliphatic rings. The third-order valence-electron chi connectivity index (χ3n) is 8.56. The topological polar surface area (TPSA) is 88.2 Å². The third kappa shape index (κ3) is 2.35. The van der Waals surface area contributed by atoms with Crippen molar-refractivity contribution in [3.8, 4) is 0 Å². The van der Waals surface area contributed by atoms with Gasteiger partial charge in [-0.15, -0.1) is 5.10 Å². The average molecular weight is 371 g/mol. The van der Waals surface area contributed by atoms with Crippen molar-refractivity contribution < 1.29 is 15.0 Å². The minimum atomic E-state index is -0.964. The smallest absolute Gasteiger partial charge is 0.155 e. The highest BCUT2D eigenvalue weighted by Gasteiger charge is 2.63. The first-order chi connectivity index (χ1) is 13.0. The van der Waals surface area contributed by atoms with Crippen LogP contribution in [0.2, 0.25) is 0 Å². The molecule has 0 bridgehead atoms. The van der Waals surface area contributed by atoms with Crippen LogP contribution in [0, 0.1) is 29.1 Å². The van der Waals surface area contributed by atoms with E-state index in [1.165, 1.54) is 10.3 Å². The van der Waals surface area contributed by atoms with Crippen LogP contribution in [0.15, 0.2) is 17.8 Å². The average Bonchev–Trinajstić information content (AvgIpc) is 3.25. The number of aliphatic hydroxyl groups is 2. The molecule has 0 amide bonds. The predicted molar refractivity (Wildman–Crippen MR) is 98.2 cm³/mol. The molecule has 4 aliphatic carbocycles. The normalized spacial score (nSPS) is 43.7. The lowest BCUT2D eigenvalue weighted by Gasteiger charge is -2.55. The molecule has 0 aliphatic heterocycles. The zero-order valence-electron chi connectivity index (χ0n) is 16.0. The Morgan fingerprint density at radius 1 is 1.19 bits per heavy atom. The van der Waals surface area contributed by atoms with E-state index in [2.05, 4.69) is 17.2 Å². The van der Waals surface area contributed by atoms with Gasteiger partial charge >= 0.3 is 0 Å². The van der Waals surface area contributed by atoms with Crippen LogP contribution >= 0.6 is 0 Å². The van der Waals surface area contributed by atoms with Gasteiger partial charge in [0.05, 0.1) is 6.20 Å². The second-order valence-corrected chi connectivity index (χ2v) is 9.44. The highest BCUT2D eigenvalue weighted by atomic mass is 16.3. The summed E-state index contributed by atoms with van der Waals surface area (Å²) in [6.45, 7) is 2.03. The number of carbonyl (C=O) groups excluding carboxylic acids is 1. The molecule has 27 heavy (non-hydrogen) atoms. The van der Waals surface area contributed by atoms with Crippen LogP contribution < -0.4 is 0 Å². The van der Waals surface area contributed by atoms with E-state index >= 15 is 0 Å². The molecule has 4 unspecified atom stereocenters. The molecule has 0 saturated heterocycles. The number of hydrogen-bond donors (Lipinski definition) is 2. The standard InChI is InChI=1S/C21H29N3O3/c1-20-8-6-16-15-5-3-14(26)10-13(15)2-4-17(16)18(20)7-9-21(20,27)19-11-24(12-25)23-22-19/h10-11,15-18,25,27H,2-9,12H2,1H3/t15?,16?,17?,18?,20-,21+/m0/s1. The van der Waals surface area contributed by atoms with Gasteiger partial charge < -0.3 is 10.2 Å². The Hall–Kier alpha value is -1.53. The lowest BCUT2D eigenvalue weighted by molar-refractivity contribution is -0.126. The summed E-state index contributed by atoms with van der Waals surface area (Å²) in [6.07, 6.45) is 11.4. The number of hydrogen-bond acceptors (Lipinski definition) is 5. The van der Waals surface area contributed by atoms with Gasteiger partial charge in [0.25, 0.3) is 0 Å². The molecule has 3 fully saturated rings. The maximum absolute atomic E-state index is 11.8. The predicted octanol–water partition coefficient (Wildman–Crippen LogP) is 2.56. The van der Waals surface area contributed by atoms with Crippen LogP contribution in [0.25, 0.3) is 0 Å². The molecule has 0 spiro atoms. The summed E-state index contributed by atoms with van der Waals surface area (Å²) < 4.78 is 1.38. The molecule has 0 aromatic carbocycles. The summed E-state index contributed by atoms with van der Waals surface area (Å²) in [4.78, 5) is 11.8. The van der Waals surface area contributed by atoms with E-state index in [4.69, 9.17) is 0 Å². The van der Waals surface area contributed by atoms with Gasteiger partial charge in [-0.05, 0) is 74.7 Å². The lowest BCUT2D eigenvalue weighted by Crippen LogP contribution is -2.51. The number of allylic oxidation sites excluding steroid dienone is 1. The number of aliphatic hydroxyl groups excluding tert-OH is 1. The Bertz CT molecular complexity index is 802. The van der Waals surface area contributed by atoms with Gasteiger partial charge in [-0.2, -0.15) is 0 Å². The van der Waals surface area contributed by atoms with E-state index in [1.807, 2.05) is 6.08 Å². The van der Waals surface area contributed by atoms with Gasteiger partial charge in [-0.1, -0.05) is 17.7 Å². The van der Waals surface area contributed by atoms with E-state index in [0.29, 0.717) is 48.0 Å². The molecule has 5 rings (SSSR count). The highest BCUT2D eigenvalue weighted by molar-refractivity contribution is 5.91. The summed E-state index contributed by atoms with van der Waals surface area (Å²) in [6, 6.07) is 0. The molecule has 6 heteroatoms. The van der Waals surface area contributed by atoms with Crippen molar-refractivity contribution in [1.29, 1.82) is 0 Å². The summed E-state index contributed by atoms with van der Waals surface area (Å²) in [5.74, 6) is 2.66. The van der Waals surface area contributed by atoms with Gasteiger partial charge in [0.2, 0.25) is 0 Å². The molecule has 2 N–H and O–H groups in total. The number of aromatic nitrogens is 3. The van der Waals surface area contributed by atoms with Crippen molar-refractivity contribution in [2.75, 3.05) is 0 Å². The van der Waals surface area contributed by atoms with Crippen LogP contribution in [0.3, 0.4) is 0 Å². The molecular weight excluding hydrogens is 342 g/mol. The van der Waals surface area contributed by atoms with Gasteiger partial charge in [-0.25, -0.2) is 4.68 Å². The largest absolute Gasteiger partial charge is 0.383 e. The van der Waals surface area contributed by atoms with Crippen molar-refractivity contribution in [3.05, 3.63) is 23.5 Å². The van der Waals surface area contributed by atoms with Crippen LogP contribution in [0.4, 0.5) is 0 Å². The van der Waals surface area contributed by atoms with E-state index in [9.17, 15) is 15.0 Å². The Balaban J connectivity index is 1.46. The highest BCUT2D eigenvalue weighted by Crippen LogP contribution is 2.67. The number of fused-ring (bicyclic) bond motifs is 5. The molecular formula is C21H29N3O3. The third-order valence-corrected chi connectivity index (χ3v) is 8.56. The summed E-state index contributed by atoms with van der Waals surface area (Å²) in [7, 11) is 0. The number of rotatable bonds is 2. The van der Waals surface area contributed by atoms with Crippen molar-refractivity contribution in [2.24, 2.45) is 29.1 Å². The maximum Gasteiger partial charge on any atom is 0.155 e. The van der Waals surface area contributed by atoms with Crippen molar-refractivity contribution in [1.82, 2.24) is 15.0 Å². The quantitative estimate of drug-likeness (QED) is 0.834. The molecule has 0 radical (unpaired) electrons. The van der Waals surface area contributed by atoms with Crippen molar-refractivity contribution in [2.45, 2.75) is 70.6 Å². The van der Waals surface area contributed by atoms with E-state index in [-0.39, 0.29) is 12.1 Å². The summed E-state index contributed by atoms with van der Waals surface area (Å²) in [5, 5.41) is 29.2. The van der Waals surface area contributed by atoms with Gasteiger partial charge in [-0.3, -0.25) is 4.79 Å².